The summed E-state index contributed by atoms with van der Waals surface area (Å²) >= 11 is 0. The van der Waals surface area contributed by atoms with E-state index in [1.165, 1.54) is 0 Å². The third-order valence-electron chi connectivity index (χ3n) is 2.84. The summed E-state index contributed by atoms with van der Waals surface area (Å²) in [6.45, 7) is 1.87. The van der Waals surface area contributed by atoms with Crippen molar-refractivity contribution in [3.8, 4) is 0 Å². The van der Waals surface area contributed by atoms with Crippen LogP contribution in [-0.4, -0.2) is 24.1 Å². The van der Waals surface area contributed by atoms with Crippen LogP contribution in [0.15, 0.2) is 18.2 Å². The largest absolute Gasteiger partial charge is 0.392 e. The molecule has 1 unspecified atom stereocenters. The molecule has 2 N–H and O–H groups in total. The lowest BCUT2D eigenvalue weighted by Gasteiger charge is -2.33. The first kappa shape index (κ1) is 9.98. The van der Waals surface area contributed by atoms with E-state index in [9.17, 15) is 4.79 Å². The second-order valence-electron chi connectivity index (χ2n) is 3.79. The zero-order valence-corrected chi connectivity index (χ0v) is 8.82. The molecule has 0 fully saturated rings. The number of carbonyl (C=O) groups is 1. The van der Waals surface area contributed by atoms with Gasteiger partial charge in [-0.05, 0) is 24.6 Å². The highest BCUT2D eigenvalue weighted by Crippen LogP contribution is 2.31. The van der Waals surface area contributed by atoms with E-state index in [4.69, 9.17) is 5.11 Å². The monoisotopic (exact) mass is 206 g/mol. The first-order chi connectivity index (χ1) is 7.13. The molecule has 0 saturated heterocycles. The van der Waals surface area contributed by atoms with Crippen molar-refractivity contribution in [2.75, 3.05) is 17.3 Å². The average molecular weight is 206 g/mol. The van der Waals surface area contributed by atoms with Gasteiger partial charge in [0.25, 0.3) is 0 Å². The predicted octanol–water partition coefficient (Wildman–Crippen LogP) is 0.956. The molecule has 4 heteroatoms. The van der Waals surface area contributed by atoms with Crippen LogP contribution in [0, 0.1) is 0 Å². The minimum Gasteiger partial charge on any atom is -0.392 e. The van der Waals surface area contributed by atoms with Crippen LogP contribution >= 0.6 is 0 Å². The number of rotatable bonds is 1. The molecule has 1 aromatic rings. The number of aliphatic hydroxyl groups excluding tert-OH is 1. The van der Waals surface area contributed by atoms with Gasteiger partial charge in [0.05, 0.1) is 18.0 Å². The second-order valence-corrected chi connectivity index (χ2v) is 3.79. The van der Waals surface area contributed by atoms with Crippen molar-refractivity contribution in [3.63, 3.8) is 0 Å². The molecule has 1 aromatic carbocycles. The maximum absolute atomic E-state index is 11.5. The Morgan fingerprint density at radius 2 is 2.27 bits per heavy atom. The number of anilines is 2. The standard InChI is InChI=1S/C11H14N2O2/c1-7-11(15)12-9-4-3-8(6-14)5-10(9)13(7)2/h3-5,7,14H,6H2,1-2H3,(H,12,15). The number of aliphatic hydroxyl groups is 1. The molecular formula is C11H14N2O2. The highest BCUT2D eigenvalue weighted by Gasteiger charge is 2.26. The fourth-order valence-electron chi connectivity index (χ4n) is 1.69. The fourth-order valence-corrected chi connectivity index (χ4v) is 1.69. The van der Waals surface area contributed by atoms with Gasteiger partial charge in [-0.25, -0.2) is 0 Å². The van der Waals surface area contributed by atoms with E-state index in [2.05, 4.69) is 5.32 Å². The van der Waals surface area contributed by atoms with Gasteiger partial charge < -0.3 is 15.3 Å². The lowest BCUT2D eigenvalue weighted by Crippen LogP contribution is -2.43. The van der Waals surface area contributed by atoms with Gasteiger partial charge in [-0.1, -0.05) is 6.07 Å². The molecule has 15 heavy (non-hydrogen) atoms. The lowest BCUT2D eigenvalue weighted by molar-refractivity contribution is -0.117. The maximum atomic E-state index is 11.5. The summed E-state index contributed by atoms with van der Waals surface area (Å²) in [6, 6.07) is 5.35. The Labute approximate surface area is 88.5 Å². The van der Waals surface area contributed by atoms with E-state index in [-0.39, 0.29) is 18.6 Å². The summed E-state index contributed by atoms with van der Waals surface area (Å²) in [5.41, 5.74) is 2.61. The first-order valence-corrected chi connectivity index (χ1v) is 4.91. The third-order valence-corrected chi connectivity index (χ3v) is 2.84. The van der Waals surface area contributed by atoms with Crippen molar-refractivity contribution < 1.29 is 9.90 Å². The van der Waals surface area contributed by atoms with Crippen molar-refractivity contribution in [2.45, 2.75) is 19.6 Å². The number of carbonyl (C=O) groups excluding carboxylic acids is 1. The Morgan fingerprint density at radius 3 is 2.93 bits per heavy atom. The molecule has 1 atom stereocenters. The average Bonchev–Trinajstić information content (AvgIpc) is 2.26. The molecular weight excluding hydrogens is 192 g/mol. The number of nitrogens with one attached hydrogen (secondary N) is 1. The molecule has 0 bridgehead atoms. The van der Waals surface area contributed by atoms with Gasteiger partial charge in [0.2, 0.25) is 5.91 Å². The van der Waals surface area contributed by atoms with Gasteiger partial charge in [-0.15, -0.1) is 0 Å². The molecule has 1 aliphatic heterocycles. The minimum absolute atomic E-state index is 0.00162. The summed E-state index contributed by atoms with van der Waals surface area (Å²) in [5.74, 6) is 0.00162. The van der Waals surface area contributed by atoms with Crippen molar-refractivity contribution >= 4 is 17.3 Å². The number of nitrogens with zero attached hydrogens (tertiary/aromatic N) is 1. The SMILES string of the molecule is CC1C(=O)Nc2ccc(CO)cc2N1C. The Bertz CT molecular complexity index is 404. The van der Waals surface area contributed by atoms with E-state index in [1.54, 1.807) is 0 Å². The Balaban J connectivity index is 2.46. The second kappa shape index (κ2) is 3.55. The molecule has 2 rings (SSSR count). The Kier molecular flexibility index (Phi) is 2.36. The van der Waals surface area contributed by atoms with E-state index in [1.807, 2.05) is 37.1 Å². The van der Waals surface area contributed by atoms with Crippen LogP contribution in [0.4, 0.5) is 11.4 Å². The molecule has 4 nitrogen and oxygen atoms in total. The number of fused-ring (bicyclic) bond motifs is 1. The topological polar surface area (TPSA) is 52.6 Å². The molecule has 1 amide bonds. The van der Waals surface area contributed by atoms with E-state index >= 15 is 0 Å². The summed E-state index contributed by atoms with van der Waals surface area (Å²) in [7, 11) is 1.88. The van der Waals surface area contributed by atoms with Crippen LogP contribution in [0.5, 0.6) is 0 Å². The molecule has 0 saturated carbocycles. The van der Waals surface area contributed by atoms with E-state index in [0.29, 0.717) is 0 Å². The van der Waals surface area contributed by atoms with Crippen LogP contribution in [0.2, 0.25) is 0 Å². The first-order valence-electron chi connectivity index (χ1n) is 4.91. The molecule has 1 aliphatic rings. The normalized spacial score (nSPS) is 19.8. The number of amides is 1. The molecule has 0 aromatic heterocycles. The van der Waals surface area contributed by atoms with E-state index < -0.39 is 0 Å². The molecule has 0 aliphatic carbocycles. The van der Waals surface area contributed by atoms with Gasteiger partial charge in [-0.3, -0.25) is 4.79 Å². The molecule has 80 valence electrons. The maximum Gasteiger partial charge on any atom is 0.246 e. The van der Waals surface area contributed by atoms with Gasteiger partial charge >= 0.3 is 0 Å². The van der Waals surface area contributed by atoms with Crippen LogP contribution in [0.1, 0.15) is 12.5 Å². The smallest absolute Gasteiger partial charge is 0.246 e. The zero-order valence-electron chi connectivity index (χ0n) is 8.82. The summed E-state index contributed by atoms with van der Waals surface area (Å²) < 4.78 is 0. The zero-order chi connectivity index (χ0) is 11.0. The van der Waals surface area contributed by atoms with Crippen molar-refractivity contribution in [1.82, 2.24) is 0 Å². The highest BCUT2D eigenvalue weighted by molar-refractivity contribution is 6.03. The quantitative estimate of drug-likeness (QED) is 0.719. The van der Waals surface area contributed by atoms with Crippen LogP contribution in [-0.2, 0) is 11.4 Å². The van der Waals surface area contributed by atoms with Crippen LogP contribution in [0.3, 0.4) is 0 Å². The number of benzene rings is 1. The Morgan fingerprint density at radius 1 is 1.53 bits per heavy atom. The van der Waals surface area contributed by atoms with Gasteiger partial charge in [0.1, 0.15) is 6.04 Å². The predicted molar refractivity (Wildman–Crippen MR) is 58.9 cm³/mol. The van der Waals surface area contributed by atoms with Crippen LogP contribution < -0.4 is 10.2 Å². The number of hydrogen-bond donors (Lipinski definition) is 2. The Hall–Kier alpha value is -1.55. The summed E-state index contributed by atoms with van der Waals surface area (Å²) in [6.07, 6.45) is 0. The lowest BCUT2D eigenvalue weighted by atomic mass is 10.1. The summed E-state index contributed by atoms with van der Waals surface area (Å²) in [4.78, 5) is 13.4. The molecule has 0 radical (unpaired) electrons. The van der Waals surface area contributed by atoms with Crippen molar-refractivity contribution in [2.24, 2.45) is 0 Å². The third kappa shape index (κ3) is 1.57. The van der Waals surface area contributed by atoms with Crippen LogP contribution in [0.25, 0.3) is 0 Å². The minimum atomic E-state index is -0.175. The fraction of sp³-hybridized carbons (Fsp3) is 0.364. The van der Waals surface area contributed by atoms with Gasteiger partial charge in [0, 0.05) is 7.05 Å². The highest BCUT2D eigenvalue weighted by atomic mass is 16.3. The molecule has 0 spiro atoms. The number of likely N-dealkylation sites (N-methyl/N-ethyl adjacent to an activating group) is 1. The number of hydrogen-bond acceptors (Lipinski definition) is 3. The van der Waals surface area contributed by atoms with Gasteiger partial charge in [0.15, 0.2) is 0 Å². The van der Waals surface area contributed by atoms with E-state index in [0.717, 1.165) is 16.9 Å². The van der Waals surface area contributed by atoms with Crippen molar-refractivity contribution in [1.29, 1.82) is 0 Å². The van der Waals surface area contributed by atoms with Gasteiger partial charge in [-0.2, -0.15) is 0 Å². The summed E-state index contributed by atoms with van der Waals surface area (Å²) in [5, 5.41) is 11.9. The molecule has 1 heterocycles. The van der Waals surface area contributed by atoms with Crippen molar-refractivity contribution in [3.05, 3.63) is 23.8 Å².